The lowest BCUT2D eigenvalue weighted by atomic mass is 10.1. The number of nitrogens with one attached hydrogen (secondary N) is 3. The molecule has 3 N–H and O–H groups in total. The van der Waals surface area contributed by atoms with Crippen molar-refractivity contribution >= 4 is 11.3 Å². The van der Waals surface area contributed by atoms with Crippen molar-refractivity contribution in [2.75, 3.05) is 6.54 Å². The summed E-state index contributed by atoms with van der Waals surface area (Å²) in [6, 6.07) is 0.750. The number of aromatic amines is 1. The van der Waals surface area contributed by atoms with Crippen LogP contribution in [-0.4, -0.2) is 27.5 Å². The Morgan fingerprint density at radius 2 is 2.42 bits per heavy atom. The molecule has 0 saturated carbocycles. The quantitative estimate of drug-likeness (QED) is 0.793. The monoisotopic (exact) mass is 277 g/mol. The summed E-state index contributed by atoms with van der Waals surface area (Å²) in [5.74, 6) is 0. The van der Waals surface area contributed by atoms with Gasteiger partial charge in [-0.05, 0) is 13.8 Å². The average molecular weight is 277 g/mol. The van der Waals surface area contributed by atoms with Crippen molar-refractivity contribution in [3.05, 3.63) is 33.8 Å². The van der Waals surface area contributed by atoms with Crippen LogP contribution in [-0.2, 0) is 13.0 Å². The molecule has 0 bridgehead atoms. The molecule has 0 fully saturated rings. The molecule has 0 spiro atoms. The molecule has 2 unspecified atom stereocenters. The third kappa shape index (κ3) is 2.86. The number of hydrogen-bond donors (Lipinski definition) is 3. The number of nitrogens with zero attached hydrogens (tertiary/aromatic N) is 2. The fourth-order valence-electron chi connectivity index (χ4n) is 2.35. The second-order valence-corrected chi connectivity index (χ2v) is 6.32. The lowest BCUT2D eigenvalue weighted by Crippen LogP contribution is -2.43. The molecule has 5 nitrogen and oxygen atoms in total. The first kappa shape index (κ1) is 12.8. The van der Waals surface area contributed by atoms with Gasteiger partial charge >= 0.3 is 0 Å². The van der Waals surface area contributed by atoms with Crippen LogP contribution in [0.25, 0.3) is 0 Å². The highest BCUT2D eigenvalue weighted by Crippen LogP contribution is 2.19. The minimum absolute atomic E-state index is 0.307. The van der Waals surface area contributed by atoms with Gasteiger partial charge in [0.1, 0.15) is 5.01 Å². The van der Waals surface area contributed by atoms with E-state index in [1.54, 1.807) is 17.7 Å². The molecule has 1 aliphatic rings. The van der Waals surface area contributed by atoms with Crippen LogP contribution in [0.1, 0.15) is 34.2 Å². The minimum atomic E-state index is 0.307. The van der Waals surface area contributed by atoms with E-state index in [1.165, 1.54) is 16.3 Å². The molecule has 2 aromatic rings. The van der Waals surface area contributed by atoms with Crippen molar-refractivity contribution in [2.24, 2.45) is 0 Å². The Kier molecular flexibility index (Phi) is 3.63. The van der Waals surface area contributed by atoms with Gasteiger partial charge in [0.15, 0.2) is 0 Å². The number of imidazole rings is 1. The highest BCUT2D eigenvalue weighted by Gasteiger charge is 2.20. The summed E-state index contributed by atoms with van der Waals surface area (Å²) < 4.78 is 0. The van der Waals surface area contributed by atoms with Crippen molar-refractivity contribution in [2.45, 2.75) is 38.9 Å². The fourth-order valence-corrected chi connectivity index (χ4v) is 3.15. The summed E-state index contributed by atoms with van der Waals surface area (Å²) in [6.07, 6.45) is 4.70. The molecule has 6 heteroatoms. The van der Waals surface area contributed by atoms with Gasteiger partial charge in [-0.1, -0.05) is 0 Å². The molecule has 1 aliphatic heterocycles. The molecule has 2 aromatic heterocycles. The largest absolute Gasteiger partial charge is 0.347 e. The highest BCUT2D eigenvalue weighted by molar-refractivity contribution is 7.11. The lowest BCUT2D eigenvalue weighted by Gasteiger charge is -2.24. The van der Waals surface area contributed by atoms with Crippen molar-refractivity contribution in [1.29, 1.82) is 0 Å². The van der Waals surface area contributed by atoms with Crippen LogP contribution in [0.5, 0.6) is 0 Å². The molecule has 102 valence electrons. The minimum Gasteiger partial charge on any atom is -0.347 e. The number of rotatable bonds is 4. The second-order valence-electron chi connectivity index (χ2n) is 5.05. The third-order valence-corrected chi connectivity index (χ3v) is 4.59. The average Bonchev–Trinajstić information content (AvgIpc) is 3.03. The number of aryl methyl sites for hydroxylation is 1. The molecule has 0 aromatic carbocycles. The van der Waals surface area contributed by atoms with Crippen molar-refractivity contribution in [3.63, 3.8) is 0 Å². The molecule has 0 aliphatic carbocycles. The first-order chi connectivity index (χ1) is 9.22. The van der Waals surface area contributed by atoms with Gasteiger partial charge in [-0.2, -0.15) is 0 Å². The smallest absolute Gasteiger partial charge is 0.109 e. The molecule has 3 heterocycles. The maximum Gasteiger partial charge on any atom is 0.109 e. The van der Waals surface area contributed by atoms with E-state index in [1.807, 2.05) is 6.20 Å². The maximum atomic E-state index is 4.43. The van der Waals surface area contributed by atoms with Crippen LogP contribution in [0.15, 0.2) is 12.5 Å². The summed E-state index contributed by atoms with van der Waals surface area (Å²) in [7, 11) is 0. The molecule has 0 radical (unpaired) electrons. The fraction of sp³-hybridized carbons (Fsp3) is 0.538. The summed E-state index contributed by atoms with van der Waals surface area (Å²) >= 11 is 1.76. The Morgan fingerprint density at radius 1 is 1.53 bits per heavy atom. The first-order valence-electron chi connectivity index (χ1n) is 6.62. The first-order valence-corrected chi connectivity index (χ1v) is 7.44. The number of H-pyrrole nitrogens is 1. The van der Waals surface area contributed by atoms with Crippen LogP contribution in [0, 0.1) is 6.92 Å². The van der Waals surface area contributed by atoms with Gasteiger partial charge in [-0.3, -0.25) is 0 Å². The molecular formula is C13H19N5S. The van der Waals surface area contributed by atoms with Gasteiger partial charge in [-0.15, -0.1) is 11.3 Å². The highest BCUT2D eigenvalue weighted by atomic mass is 32.1. The van der Waals surface area contributed by atoms with Crippen LogP contribution in [0.3, 0.4) is 0 Å². The van der Waals surface area contributed by atoms with Crippen LogP contribution >= 0.6 is 11.3 Å². The van der Waals surface area contributed by atoms with E-state index in [0.29, 0.717) is 12.1 Å². The van der Waals surface area contributed by atoms with Gasteiger partial charge < -0.3 is 15.6 Å². The Balaban J connectivity index is 1.53. The Hall–Kier alpha value is -1.24. The number of fused-ring (bicyclic) bond motifs is 1. The van der Waals surface area contributed by atoms with E-state index >= 15 is 0 Å². The zero-order chi connectivity index (χ0) is 13.2. The Labute approximate surface area is 116 Å². The third-order valence-electron chi connectivity index (χ3n) is 3.49. The van der Waals surface area contributed by atoms with E-state index in [0.717, 1.165) is 24.5 Å². The van der Waals surface area contributed by atoms with Crippen LogP contribution in [0.4, 0.5) is 0 Å². The summed E-state index contributed by atoms with van der Waals surface area (Å²) in [6.45, 7) is 6.08. The normalized spacial score (nSPS) is 20.2. The predicted octanol–water partition coefficient (Wildman–Crippen LogP) is 1.54. The van der Waals surface area contributed by atoms with E-state index in [9.17, 15) is 0 Å². The predicted molar refractivity (Wildman–Crippen MR) is 76.2 cm³/mol. The Morgan fingerprint density at radius 3 is 3.21 bits per heavy atom. The van der Waals surface area contributed by atoms with Crippen LogP contribution in [0.2, 0.25) is 0 Å². The molecule has 0 saturated heterocycles. The van der Waals surface area contributed by atoms with Crippen molar-refractivity contribution in [3.8, 4) is 0 Å². The zero-order valence-corrected chi connectivity index (χ0v) is 12.0. The number of hydrogen-bond acceptors (Lipinski definition) is 5. The lowest BCUT2D eigenvalue weighted by molar-refractivity contribution is 0.420. The van der Waals surface area contributed by atoms with Gasteiger partial charge in [0.2, 0.25) is 0 Å². The standard InChI is InChI=1S/C13H19N5S/c1-8-4-16-13(19-8)9(2)14-5-10-3-11-12(6-15-10)18-7-17-11/h4,7,9-10,14-15H,3,5-6H2,1-2H3,(H,17,18). The number of aromatic nitrogens is 3. The zero-order valence-electron chi connectivity index (χ0n) is 11.2. The molecular weight excluding hydrogens is 258 g/mol. The SMILES string of the molecule is Cc1cnc(C(C)NCC2Cc3nc[nH]c3CN2)s1. The van der Waals surface area contributed by atoms with Gasteiger partial charge in [-0.25, -0.2) is 9.97 Å². The second kappa shape index (κ2) is 5.40. The molecule has 2 atom stereocenters. The number of thiazole rings is 1. The summed E-state index contributed by atoms with van der Waals surface area (Å²) in [5, 5.41) is 8.24. The molecule has 19 heavy (non-hydrogen) atoms. The van der Waals surface area contributed by atoms with Gasteiger partial charge in [0.25, 0.3) is 0 Å². The van der Waals surface area contributed by atoms with E-state index in [4.69, 9.17) is 0 Å². The maximum absolute atomic E-state index is 4.43. The van der Waals surface area contributed by atoms with E-state index in [-0.39, 0.29) is 0 Å². The van der Waals surface area contributed by atoms with E-state index in [2.05, 4.69) is 39.4 Å². The van der Waals surface area contributed by atoms with Crippen LogP contribution < -0.4 is 10.6 Å². The summed E-state index contributed by atoms with van der Waals surface area (Å²) in [4.78, 5) is 13.2. The molecule has 0 amide bonds. The van der Waals surface area contributed by atoms with Crippen molar-refractivity contribution in [1.82, 2.24) is 25.6 Å². The topological polar surface area (TPSA) is 65.6 Å². The Bertz CT molecular complexity index is 547. The van der Waals surface area contributed by atoms with Crippen molar-refractivity contribution < 1.29 is 0 Å². The van der Waals surface area contributed by atoms with Gasteiger partial charge in [0.05, 0.1) is 23.8 Å². The summed E-state index contributed by atoms with van der Waals surface area (Å²) in [5.41, 5.74) is 2.42. The van der Waals surface area contributed by atoms with Gasteiger partial charge in [0, 0.05) is 36.6 Å². The molecule has 3 rings (SSSR count). The van der Waals surface area contributed by atoms with E-state index < -0.39 is 0 Å².